The molecule has 1 saturated carbocycles. The van der Waals surface area contributed by atoms with E-state index in [2.05, 4.69) is 21.8 Å². The van der Waals surface area contributed by atoms with Crippen molar-refractivity contribution in [3.63, 3.8) is 0 Å². The van der Waals surface area contributed by atoms with Crippen molar-refractivity contribution < 1.29 is 4.79 Å². The van der Waals surface area contributed by atoms with Gasteiger partial charge in [-0.25, -0.2) is 0 Å². The highest BCUT2D eigenvalue weighted by Gasteiger charge is 2.42. The van der Waals surface area contributed by atoms with E-state index in [0.717, 1.165) is 12.8 Å². The summed E-state index contributed by atoms with van der Waals surface area (Å²) >= 11 is 0. The molecule has 0 saturated heterocycles. The largest absolute Gasteiger partial charge is 0.337 e. The Morgan fingerprint density at radius 2 is 2.29 bits per heavy atom. The SMILES string of the molecule is C[C@H](NCC(=O)N[C@](C)(C#N)C1CC1)[C@H](C)n1cccn1. The highest BCUT2D eigenvalue weighted by atomic mass is 16.2. The average molecular weight is 289 g/mol. The third kappa shape index (κ3) is 3.82. The van der Waals surface area contributed by atoms with Gasteiger partial charge in [0.25, 0.3) is 0 Å². The van der Waals surface area contributed by atoms with Crippen molar-refractivity contribution in [3.05, 3.63) is 18.5 Å². The van der Waals surface area contributed by atoms with Crippen LogP contribution in [-0.4, -0.2) is 33.8 Å². The van der Waals surface area contributed by atoms with Gasteiger partial charge >= 0.3 is 0 Å². The molecule has 0 spiro atoms. The highest BCUT2D eigenvalue weighted by molar-refractivity contribution is 5.79. The standard InChI is InChI=1S/C15H23N5O/c1-11(12(2)20-8-4-7-18-20)17-9-14(21)19-15(3,10-16)13-5-6-13/h4,7-8,11-13,17H,5-6,9H2,1-3H3,(H,19,21)/t11-,12-,15+/m0/s1. The normalized spacial score (nSPS) is 20.1. The van der Waals surface area contributed by atoms with Gasteiger partial charge in [0.15, 0.2) is 0 Å². The van der Waals surface area contributed by atoms with Gasteiger partial charge in [0.05, 0.1) is 18.7 Å². The molecule has 6 nitrogen and oxygen atoms in total. The summed E-state index contributed by atoms with van der Waals surface area (Å²) < 4.78 is 1.86. The van der Waals surface area contributed by atoms with Crippen LogP contribution in [0, 0.1) is 17.2 Å². The summed E-state index contributed by atoms with van der Waals surface area (Å²) in [6.45, 7) is 6.07. The second-order valence-corrected chi connectivity index (χ2v) is 6.03. The molecule has 1 amide bonds. The molecule has 0 bridgehead atoms. The molecule has 0 aliphatic heterocycles. The van der Waals surface area contributed by atoms with Gasteiger partial charge in [-0.15, -0.1) is 0 Å². The van der Waals surface area contributed by atoms with E-state index in [4.69, 9.17) is 0 Å². The van der Waals surface area contributed by atoms with Crippen molar-refractivity contribution in [1.82, 2.24) is 20.4 Å². The number of carbonyl (C=O) groups excluding carboxylic acids is 1. The van der Waals surface area contributed by atoms with Crippen molar-refractivity contribution in [2.75, 3.05) is 6.54 Å². The minimum atomic E-state index is -0.727. The zero-order valence-electron chi connectivity index (χ0n) is 12.8. The summed E-state index contributed by atoms with van der Waals surface area (Å²) in [6.07, 6.45) is 5.68. The third-order valence-corrected chi connectivity index (χ3v) is 4.28. The summed E-state index contributed by atoms with van der Waals surface area (Å²) in [5, 5.41) is 19.5. The molecule has 1 aliphatic carbocycles. The molecule has 1 fully saturated rings. The monoisotopic (exact) mass is 289 g/mol. The van der Waals surface area contributed by atoms with E-state index < -0.39 is 5.54 Å². The minimum absolute atomic E-state index is 0.102. The van der Waals surface area contributed by atoms with E-state index in [9.17, 15) is 10.1 Å². The van der Waals surface area contributed by atoms with Gasteiger partial charge in [0, 0.05) is 18.4 Å². The minimum Gasteiger partial charge on any atom is -0.337 e. The molecule has 0 unspecified atom stereocenters. The maximum Gasteiger partial charge on any atom is 0.235 e. The van der Waals surface area contributed by atoms with Crippen LogP contribution in [0.4, 0.5) is 0 Å². The summed E-state index contributed by atoms with van der Waals surface area (Å²) in [5.74, 6) is 0.164. The summed E-state index contributed by atoms with van der Waals surface area (Å²) in [5.41, 5.74) is -0.727. The number of carbonyl (C=O) groups is 1. The van der Waals surface area contributed by atoms with Crippen LogP contribution in [0.2, 0.25) is 0 Å². The molecule has 2 rings (SSSR count). The molecule has 0 aromatic carbocycles. The lowest BCUT2D eigenvalue weighted by atomic mass is 9.98. The van der Waals surface area contributed by atoms with Crippen LogP contribution in [0.3, 0.4) is 0 Å². The number of amides is 1. The predicted octanol–water partition coefficient (Wildman–Crippen LogP) is 1.23. The lowest BCUT2D eigenvalue weighted by molar-refractivity contribution is -0.121. The first-order valence-corrected chi connectivity index (χ1v) is 7.41. The fraction of sp³-hybridized carbons (Fsp3) is 0.667. The average Bonchev–Trinajstić information content (AvgIpc) is 3.20. The molecule has 0 radical (unpaired) electrons. The Labute approximate surface area is 125 Å². The topological polar surface area (TPSA) is 82.7 Å². The quantitative estimate of drug-likeness (QED) is 0.791. The Hall–Kier alpha value is -1.87. The van der Waals surface area contributed by atoms with Gasteiger partial charge in [0.1, 0.15) is 5.54 Å². The van der Waals surface area contributed by atoms with E-state index in [1.807, 2.05) is 30.8 Å². The molecule has 3 atom stereocenters. The van der Waals surface area contributed by atoms with Crippen molar-refractivity contribution in [3.8, 4) is 6.07 Å². The zero-order valence-corrected chi connectivity index (χ0v) is 12.8. The van der Waals surface area contributed by atoms with E-state index in [0.29, 0.717) is 5.92 Å². The van der Waals surface area contributed by atoms with Gasteiger partial charge < -0.3 is 10.6 Å². The lowest BCUT2D eigenvalue weighted by Gasteiger charge is -2.25. The van der Waals surface area contributed by atoms with E-state index in [-0.39, 0.29) is 24.5 Å². The van der Waals surface area contributed by atoms with Crippen LogP contribution in [0.5, 0.6) is 0 Å². The van der Waals surface area contributed by atoms with Gasteiger partial charge in [-0.1, -0.05) is 0 Å². The Bertz CT molecular complexity index is 517. The van der Waals surface area contributed by atoms with Crippen LogP contribution in [0.1, 0.15) is 39.7 Å². The van der Waals surface area contributed by atoms with Crippen LogP contribution >= 0.6 is 0 Å². The second-order valence-electron chi connectivity index (χ2n) is 6.03. The first-order valence-electron chi connectivity index (χ1n) is 7.41. The smallest absolute Gasteiger partial charge is 0.235 e. The Morgan fingerprint density at radius 3 is 2.81 bits per heavy atom. The molecule has 1 heterocycles. The predicted molar refractivity (Wildman–Crippen MR) is 79.3 cm³/mol. The van der Waals surface area contributed by atoms with Gasteiger partial charge in [-0.05, 0) is 45.6 Å². The molecule has 1 aromatic heterocycles. The number of hydrogen-bond donors (Lipinski definition) is 2. The fourth-order valence-electron chi connectivity index (χ4n) is 2.39. The third-order valence-electron chi connectivity index (χ3n) is 4.28. The van der Waals surface area contributed by atoms with Crippen molar-refractivity contribution in [2.24, 2.45) is 5.92 Å². The van der Waals surface area contributed by atoms with Crippen LogP contribution in [0.15, 0.2) is 18.5 Å². The van der Waals surface area contributed by atoms with E-state index in [1.54, 1.807) is 13.1 Å². The van der Waals surface area contributed by atoms with Crippen molar-refractivity contribution in [2.45, 2.75) is 51.2 Å². The number of rotatable bonds is 7. The first kappa shape index (κ1) is 15.5. The lowest BCUT2D eigenvalue weighted by Crippen LogP contribution is -2.51. The molecular weight excluding hydrogens is 266 g/mol. The number of nitrogens with one attached hydrogen (secondary N) is 2. The summed E-state index contributed by atoms with van der Waals surface area (Å²) in [6, 6.07) is 4.36. The van der Waals surface area contributed by atoms with Gasteiger partial charge in [-0.2, -0.15) is 10.4 Å². The maximum atomic E-state index is 12.0. The van der Waals surface area contributed by atoms with Crippen molar-refractivity contribution >= 4 is 5.91 Å². The zero-order chi connectivity index (χ0) is 15.5. The number of nitriles is 1. The molecule has 1 aliphatic rings. The molecule has 114 valence electrons. The molecule has 1 aromatic rings. The molecule has 6 heteroatoms. The first-order chi connectivity index (χ1) is 9.96. The molecular formula is C15H23N5O. The van der Waals surface area contributed by atoms with E-state index >= 15 is 0 Å². The summed E-state index contributed by atoms with van der Waals surface area (Å²) in [7, 11) is 0. The van der Waals surface area contributed by atoms with Crippen LogP contribution in [0.25, 0.3) is 0 Å². The Morgan fingerprint density at radius 1 is 1.57 bits per heavy atom. The van der Waals surface area contributed by atoms with E-state index in [1.165, 1.54) is 0 Å². The number of hydrogen-bond acceptors (Lipinski definition) is 4. The van der Waals surface area contributed by atoms with Crippen LogP contribution in [-0.2, 0) is 4.79 Å². The fourth-order valence-corrected chi connectivity index (χ4v) is 2.39. The van der Waals surface area contributed by atoms with Crippen LogP contribution < -0.4 is 10.6 Å². The molecule has 2 N–H and O–H groups in total. The summed E-state index contributed by atoms with van der Waals surface area (Å²) in [4.78, 5) is 12.0. The van der Waals surface area contributed by atoms with Gasteiger partial charge in [0.2, 0.25) is 5.91 Å². The van der Waals surface area contributed by atoms with Gasteiger partial charge in [-0.3, -0.25) is 9.48 Å². The molecule has 21 heavy (non-hydrogen) atoms. The van der Waals surface area contributed by atoms with Crippen molar-refractivity contribution in [1.29, 1.82) is 5.26 Å². The number of nitrogens with zero attached hydrogens (tertiary/aromatic N) is 3. The maximum absolute atomic E-state index is 12.0. The highest BCUT2D eigenvalue weighted by Crippen LogP contribution is 2.39. The Kier molecular flexibility index (Phi) is 4.63. The number of aromatic nitrogens is 2. The second kappa shape index (κ2) is 6.27. The Balaban J connectivity index is 1.80.